The van der Waals surface area contributed by atoms with Crippen LogP contribution in [0.25, 0.3) is 0 Å². The highest BCUT2D eigenvalue weighted by Crippen LogP contribution is 2.25. The van der Waals surface area contributed by atoms with Gasteiger partial charge in [-0.05, 0) is 36.8 Å². The minimum absolute atomic E-state index is 0.0881. The van der Waals surface area contributed by atoms with Gasteiger partial charge in [0.05, 0.1) is 17.1 Å². The van der Waals surface area contributed by atoms with Crippen LogP contribution in [0.2, 0.25) is 0 Å². The lowest BCUT2D eigenvalue weighted by molar-refractivity contribution is -0.384. The molecule has 2 aromatic carbocycles. The molecule has 2 aromatic rings. The summed E-state index contributed by atoms with van der Waals surface area (Å²) < 4.78 is 4.98. The molecule has 152 valence electrons. The van der Waals surface area contributed by atoms with Crippen molar-refractivity contribution in [1.82, 2.24) is 0 Å². The number of nitrogens with zero attached hydrogens (tertiary/aromatic N) is 2. The molecule has 0 spiro atoms. The van der Waals surface area contributed by atoms with Gasteiger partial charge in [0, 0.05) is 55.8 Å². The second-order valence-electron chi connectivity index (χ2n) is 6.56. The average Bonchev–Trinajstić information content (AvgIpc) is 3.14. The molecule has 2 amide bonds. The van der Waals surface area contributed by atoms with E-state index in [0.29, 0.717) is 37.5 Å². The van der Waals surface area contributed by atoms with Crippen LogP contribution in [0.3, 0.4) is 0 Å². The molecule has 9 heteroatoms. The van der Waals surface area contributed by atoms with E-state index in [1.165, 1.54) is 18.2 Å². The monoisotopic (exact) mass is 398 g/mol. The van der Waals surface area contributed by atoms with Gasteiger partial charge in [0.15, 0.2) is 0 Å². The lowest BCUT2D eigenvalue weighted by atomic mass is 10.1. The predicted molar refractivity (Wildman–Crippen MR) is 109 cm³/mol. The Morgan fingerprint density at radius 3 is 2.62 bits per heavy atom. The molecule has 0 aliphatic carbocycles. The van der Waals surface area contributed by atoms with E-state index in [2.05, 4.69) is 10.6 Å². The second kappa shape index (κ2) is 9.16. The smallest absolute Gasteiger partial charge is 0.270 e. The second-order valence-corrected chi connectivity index (χ2v) is 6.56. The van der Waals surface area contributed by atoms with Crippen LogP contribution in [0.1, 0.15) is 23.2 Å². The van der Waals surface area contributed by atoms with Gasteiger partial charge in [-0.25, -0.2) is 0 Å². The van der Waals surface area contributed by atoms with E-state index in [4.69, 9.17) is 4.74 Å². The number of anilines is 3. The summed E-state index contributed by atoms with van der Waals surface area (Å²) in [6, 6.07) is 11.0. The summed E-state index contributed by atoms with van der Waals surface area (Å²) in [5.41, 5.74) is 1.77. The number of rotatable bonds is 8. The van der Waals surface area contributed by atoms with E-state index in [1.807, 2.05) is 0 Å². The minimum Gasteiger partial charge on any atom is -0.383 e. The highest BCUT2D eigenvalue weighted by atomic mass is 16.6. The Morgan fingerprint density at radius 1 is 1.24 bits per heavy atom. The van der Waals surface area contributed by atoms with Crippen LogP contribution in [0.4, 0.5) is 22.7 Å². The van der Waals surface area contributed by atoms with E-state index >= 15 is 0 Å². The Kier molecular flexibility index (Phi) is 6.40. The Bertz CT molecular complexity index is 914. The third kappa shape index (κ3) is 4.88. The number of benzene rings is 2. The molecule has 0 saturated carbocycles. The Balaban J connectivity index is 1.77. The summed E-state index contributed by atoms with van der Waals surface area (Å²) in [6.45, 7) is 1.57. The number of nitrogens with one attached hydrogen (secondary N) is 2. The van der Waals surface area contributed by atoms with Crippen LogP contribution in [0.15, 0.2) is 42.5 Å². The minimum atomic E-state index is -0.544. The van der Waals surface area contributed by atoms with Crippen molar-refractivity contribution in [2.75, 3.05) is 42.3 Å². The maximum atomic E-state index is 12.8. The van der Waals surface area contributed by atoms with Crippen LogP contribution in [-0.4, -0.2) is 43.5 Å². The van der Waals surface area contributed by atoms with E-state index < -0.39 is 10.8 Å². The van der Waals surface area contributed by atoms with Crippen LogP contribution in [0.5, 0.6) is 0 Å². The Labute approximate surface area is 167 Å². The van der Waals surface area contributed by atoms with Crippen molar-refractivity contribution in [3.05, 3.63) is 58.1 Å². The highest BCUT2D eigenvalue weighted by molar-refractivity contribution is 6.08. The highest BCUT2D eigenvalue weighted by Gasteiger charge is 2.22. The van der Waals surface area contributed by atoms with Crippen molar-refractivity contribution >= 4 is 34.6 Å². The van der Waals surface area contributed by atoms with Gasteiger partial charge in [0.1, 0.15) is 0 Å². The first-order chi connectivity index (χ1) is 14.0. The number of carbonyl (C=O) groups excluding carboxylic acids is 2. The molecule has 1 aliphatic heterocycles. The third-order valence-electron chi connectivity index (χ3n) is 4.59. The fraction of sp³-hybridized carbons (Fsp3) is 0.300. The number of amides is 2. The summed E-state index contributed by atoms with van der Waals surface area (Å²) in [6.07, 6.45) is 1.38. The topological polar surface area (TPSA) is 114 Å². The molecule has 0 aromatic heterocycles. The van der Waals surface area contributed by atoms with Gasteiger partial charge in [0.2, 0.25) is 5.91 Å². The molecule has 0 atom stereocenters. The Morgan fingerprint density at radius 2 is 2.00 bits per heavy atom. The van der Waals surface area contributed by atoms with Crippen LogP contribution >= 0.6 is 0 Å². The molecule has 29 heavy (non-hydrogen) atoms. The van der Waals surface area contributed by atoms with Crippen molar-refractivity contribution in [3.8, 4) is 0 Å². The molecule has 3 rings (SSSR count). The quantitative estimate of drug-likeness (QED) is 0.401. The normalized spacial score (nSPS) is 13.4. The zero-order valence-electron chi connectivity index (χ0n) is 16.0. The van der Waals surface area contributed by atoms with Crippen molar-refractivity contribution in [1.29, 1.82) is 0 Å². The van der Waals surface area contributed by atoms with Gasteiger partial charge in [-0.3, -0.25) is 19.7 Å². The molecule has 1 heterocycles. The zero-order chi connectivity index (χ0) is 20.8. The van der Waals surface area contributed by atoms with Crippen molar-refractivity contribution in [2.45, 2.75) is 12.8 Å². The molecule has 1 saturated heterocycles. The fourth-order valence-corrected chi connectivity index (χ4v) is 3.12. The van der Waals surface area contributed by atoms with Gasteiger partial charge in [-0.2, -0.15) is 0 Å². The number of non-ortho nitro benzene ring substituents is 1. The van der Waals surface area contributed by atoms with Gasteiger partial charge >= 0.3 is 0 Å². The van der Waals surface area contributed by atoms with Crippen molar-refractivity contribution in [2.24, 2.45) is 0 Å². The number of ether oxygens (including phenoxy) is 1. The van der Waals surface area contributed by atoms with E-state index in [9.17, 15) is 19.7 Å². The summed E-state index contributed by atoms with van der Waals surface area (Å²) >= 11 is 0. The lowest BCUT2D eigenvalue weighted by Gasteiger charge is -2.16. The summed E-state index contributed by atoms with van der Waals surface area (Å²) in [5.74, 6) is -0.385. The lowest BCUT2D eigenvalue weighted by Crippen LogP contribution is -2.23. The summed E-state index contributed by atoms with van der Waals surface area (Å²) in [7, 11) is 1.56. The van der Waals surface area contributed by atoms with Crippen molar-refractivity contribution < 1.29 is 19.2 Å². The van der Waals surface area contributed by atoms with Crippen LogP contribution < -0.4 is 15.5 Å². The number of hydrogen-bond donors (Lipinski definition) is 2. The molecule has 0 bridgehead atoms. The SMILES string of the molecule is COCCNc1ccc([N+](=O)[O-])cc1C(=O)Nc1ccc(N2CCCC2=O)cc1. The average molecular weight is 398 g/mol. The molecule has 9 nitrogen and oxygen atoms in total. The first-order valence-electron chi connectivity index (χ1n) is 9.22. The predicted octanol–water partition coefficient (Wildman–Crippen LogP) is 3.03. The third-order valence-corrected chi connectivity index (χ3v) is 4.59. The van der Waals surface area contributed by atoms with Gasteiger partial charge in [-0.1, -0.05) is 0 Å². The molecule has 2 N–H and O–H groups in total. The van der Waals surface area contributed by atoms with Gasteiger partial charge < -0.3 is 20.3 Å². The Hall–Kier alpha value is -3.46. The van der Waals surface area contributed by atoms with Crippen LogP contribution in [-0.2, 0) is 9.53 Å². The fourth-order valence-electron chi connectivity index (χ4n) is 3.12. The maximum absolute atomic E-state index is 12.8. The number of hydrogen-bond acceptors (Lipinski definition) is 6. The number of nitro groups is 1. The summed E-state index contributed by atoms with van der Waals surface area (Å²) in [5, 5.41) is 16.9. The molecular weight excluding hydrogens is 376 g/mol. The molecule has 0 unspecified atom stereocenters. The first-order valence-corrected chi connectivity index (χ1v) is 9.22. The molecule has 0 radical (unpaired) electrons. The maximum Gasteiger partial charge on any atom is 0.270 e. The van der Waals surface area contributed by atoms with Gasteiger partial charge in [-0.15, -0.1) is 0 Å². The van der Waals surface area contributed by atoms with E-state index in [1.54, 1.807) is 36.3 Å². The molecular formula is C20H22N4O5. The number of carbonyl (C=O) groups is 2. The largest absolute Gasteiger partial charge is 0.383 e. The van der Waals surface area contributed by atoms with E-state index in [0.717, 1.165) is 12.1 Å². The van der Waals surface area contributed by atoms with Gasteiger partial charge in [0.25, 0.3) is 11.6 Å². The van der Waals surface area contributed by atoms with Crippen LogP contribution in [0, 0.1) is 10.1 Å². The van der Waals surface area contributed by atoms with Crippen molar-refractivity contribution in [3.63, 3.8) is 0 Å². The standard InChI is InChI=1S/C20H22N4O5/c1-29-12-10-21-18-9-8-16(24(27)28)13-17(18)20(26)22-14-4-6-15(7-5-14)23-11-2-3-19(23)25/h4-9,13,21H,2-3,10-12H2,1H3,(H,22,26). The summed E-state index contributed by atoms with van der Waals surface area (Å²) in [4.78, 5) is 36.9. The zero-order valence-corrected chi connectivity index (χ0v) is 16.0. The number of nitro benzene ring substituents is 1. The van der Waals surface area contributed by atoms with E-state index in [-0.39, 0.29) is 17.2 Å². The number of methoxy groups -OCH3 is 1. The molecule has 1 fully saturated rings. The molecule has 1 aliphatic rings. The first kappa shape index (κ1) is 20.3.